The third-order valence-electron chi connectivity index (χ3n) is 4.76. The lowest BCUT2D eigenvalue weighted by Gasteiger charge is -2.03. The van der Waals surface area contributed by atoms with Gasteiger partial charge in [0.1, 0.15) is 11.6 Å². The highest BCUT2D eigenvalue weighted by atomic mass is 19.3. The van der Waals surface area contributed by atoms with Gasteiger partial charge in [-0.15, -0.1) is 0 Å². The van der Waals surface area contributed by atoms with Crippen LogP contribution in [0, 0.1) is 29.5 Å². The number of aryl methyl sites for hydroxylation is 1. The van der Waals surface area contributed by atoms with Crippen LogP contribution in [0.4, 0.5) is 13.2 Å². The van der Waals surface area contributed by atoms with Crippen molar-refractivity contribution < 1.29 is 17.9 Å². The van der Waals surface area contributed by atoms with Crippen molar-refractivity contribution in [1.29, 1.82) is 0 Å². The highest BCUT2D eigenvalue weighted by Gasteiger charge is 2.03. The van der Waals surface area contributed by atoms with Crippen molar-refractivity contribution in [2.75, 3.05) is 0 Å². The Labute approximate surface area is 187 Å². The third kappa shape index (κ3) is 7.25. The molecule has 3 rings (SSSR count). The molecule has 0 saturated carbocycles. The lowest BCUT2D eigenvalue weighted by molar-refractivity contribution is -0.0498. The van der Waals surface area contributed by atoms with E-state index in [1.54, 1.807) is 24.3 Å². The van der Waals surface area contributed by atoms with Crippen molar-refractivity contribution in [2.24, 2.45) is 0 Å². The predicted octanol–water partition coefficient (Wildman–Crippen LogP) is 6.96. The first-order chi connectivity index (χ1) is 15.5. The van der Waals surface area contributed by atoms with Crippen LogP contribution >= 0.6 is 0 Å². The van der Waals surface area contributed by atoms with E-state index in [2.05, 4.69) is 35.3 Å². The molecule has 0 heterocycles. The van der Waals surface area contributed by atoms with Crippen molar-refractivity contribution >= 4 is 0 Å². The smallest absolute Gasteiger partial charge is 0.387 e. The molecule has 1 nitrogen and oxygen atoms in total. The Balaban J connectivity index is 1.63. The fourth-order valence-corrected chi connectivity index (χ4v) is 3.04. The maximum atomic E-state index is 14.3. The number of hydrogen-bond donors (Lipinski definition) is 0. The molecule has 0 unspecified atom stereocenters. The Morgan fingerprint density at radius 1 is 0.750 bits per heavy atom. The number of hydrogen-bond acceptors (Lipinski definition) is 1. The van der Waals surface area contributed by atoms with E-state index >= 15 is 0 Å². The Hall–Kier alpha value is -3.63. The Morgan fingerprint density at radius 2 is 1.31 bits per heavy atom. The van der Waals surface area contributed by atoms with E-state index in [0.29, 0.717) is 11.1 Å². The van der Waals surface area contributed by atoms with Gasteiger partial charge in [0.2, 0.25) is 0 Å². The van der Waals surface area contributed by atoms with Gasteiger partial charge in [0.05, 0.1) is 5.56 Å². The monoisotopic (exact) mass is 432 g/mol. The standard InChI is InChI=1S/C28H23F3O/c1-2-3-4-5-24-13-17-25(27(29)20-24)16-12-22-9-6-21(7-10-22)8-11-23-14-18-26(19-15-23)32-28(30)31/h6-7,9-10,13-15,17-20,28H,2-5H2,1H3. The van der Waals surface area contributed by atoms with E-state index in [9.17, 15) is 13.2 Å². The summed E-state index contributed by atoms with van der Waals surface area (Å²) < 4.78 is 43.0. The minimum Gasteiger partial charge on any atom is -0.435 e. The molecule has 0 spiro atoms. The van der Waals surface area contributed by atoms with Crippen molar-refractivity contribution in [1.82, 2.24) is 0 Å². The Morgan fingerprint density at radius 3 is 1.84 bits per heavy atom. The normalized spacial score (nSPS) is 10.2. The van der Waals surface area contributed by atoms with Crippen LogP contribution in [-0.4, -0.2) is 6.61 Å². The molecule has 0 fully saturated rings. The maximum Gasteiger partial charge on any atom is 0.387 e. The first kappa shape index (κ1) is 23.0. The average Bonchev–Trinajstić information content (AvgIpc) is 2.79. The van der Waals surface area contributed by atoms with Crippen molar-refractivity contribution in [3.63, 3.8) is 0 Å². The van der Waals surface area contributed by atoms with E-state index in [1.165, 1.54) is 12.1 Å². The van der Waals surface area contributed by atoms with Gasteiger partial charge in [-0.1, -0.05) is 49.5 Å². The van der Waals surface area contributed by atoms with E-state index in [-0.39, 0.29) is 11.6 Å². The van der Waals surface area contributed by atoms with Crippen LogP contribution in [0.3, 0.4) is 0 Å². The van der Waals surface area contributed by atoms with Crippen LogP contribution in [0.5, 0.6) is 5.75 Å². The van der Waals surface area contributed by atoms with E-state index in [4.69, 9.17) is 0 Å². The first-order valence-electron chi connectivity index (χ1n) is 10.5. The highest BCUT2D eigenvalue weighted by Crippen LogP contribution is 2.15. The van der Waals surface area contributed by atoms with Gasteiger partial charge in [0.25, 0.3) is 0 Å². The fourth-order valence-electron chi connectivity index (χ4n) is 3.04. The predicted molar refractivity (Wildman–Crippen MR) is 121 cm³/mol. The second kappa shape index (κ2) is 11.7. The van der Waals surface area contributed by atoms with Gasteiger partial charge in [-0.3, -0.25) is 0 Å². The molecule has 0 amide bonds. The molecule has 4 heteroatoms. The summed E-state index contributed by atoms with van der Waals surface area (Å²) in [4.78, 5) is 0. The second-order valence-electron chi connectivity index (χ2n) is 7.25. The molecule has 0 aliphatic rings. The molecule has 162 valence electrons. The molecule has 0 aliphatic heterocycles. The van der Waals surface area contributed by atoms with Gasteiger partial charge in [-0.05, 0) is 79.1 Å². The molecule has 0 bridgehead atoms. The van der Waals surface area contributed by atoms with Crippen LogP contribution < -0.4 is 4.74 Å². The van der Waals surface area contributed by atoms with Crippen molar-refractivity contribution in [3.05, 3.63) is 100 Å². The highest BCUT2D eigenvalue weighted by molar-refractivity contribution is 5.48. The molecular weight excluding hydrogens is 409 g/mol. The number of unbranched alkanes of at least 4 members (excludes halogenated alkanes) is 2. The largest absolute Gasteiger partial charge is 0.435 e. The zero-order chi connectivity index (χ0) is 22.8. The molecular formula is C28H23F3O. The van der Waals surface area contributed by atoms with Crippen LogP contribution in [0.1, 0.15) is 54.0 Å². The number of benzene rings is 3. The summed E-state index contributed by atoms with van der Waals surface area (Å²) in [7, 11) is 0. The van der Waals surface area contributed by atoms with E-state index in [1.807, 2.05) is 30.3 Å². The van der Waals surface area contributed by atoms with Gasteiger partial charge in [-0.25, -0.2) is 4.39 Å². The maximum absolute atomic E-state index is 14.3. The summed E-state index contributed by atoms with van der Waals surface area (Å²) in [6, 6.07) is 18.7. The summed E-state index contributed by atoms with van der Waals surface area (Å²) in [5.41, 5.74) is 3.61. The van der Waals surface area contributed by atoms with Crippen LogP contribution in [-0.2, 0) is 6.42 Å². The number of rotatable bonds is 6. The Kier molecular flexibility index (Phi) is 8.41. The summed E-state index contributed by atoms with van der Waals surface area (Å²) in [5.74, 6) is 11.7. The van der Waals surface area contributed by atoms with Crippen LogP contribution in [0.25, 0.3) is 0 Å². The molecule has 0 N–H and O–H groups in total. The molecule has 32 heavy (non-hydrogen) atoms. The zero-order valence-corrected chi connectivity index (χ0v) is 17.8. The van der Waals surface area contributed by atoms with Crippen molar-refractivity contribution in [2.45, 2.75) is 39.2 Å². The summed E-state index contributed by atoms with van der Waals surface area (Å²) in [6.45, 7) is -0.701. The number of ether oxygens (including phenoxy) is 1. The number of halogens is 3. The Bertz CT molecular complexity index is 1140. The average molecular weight is 432 g/mol. The minimum atomic E-state index is -2.85. The van der Waals surface area contributed by atoms with E-state index in [0.717, 1.165) is 42.4 Å². The van der Waals surface area contributed by atoms with Gasteiger partial charge in [0.15, 0.2) is 0 Å². The summed E-state index contributed by atoms with van der Waals surface area (Å²) in [6.07, 6.45) is 4.23. The third-order valence-corrected chi connectivity index (χ3v) is 4.76. The van der Waals surface area contributed by atoms with Crippen LogP contribution in [0.15, 0.2) is 66.7 Å². The quantitative estimate of drug-likeness (QED) is 0.302. The molecule has 0 saturated heterocycles. The second-order valence-corrected chi connectivity index (χ2v) is 7.25. The number of alkyl halides is 2. The molecule has 0 radical (unpaired) electrons. The molecule has 3 aromatic carbocycles. The fraction of sp³-hybridized carbons (Fsp3) is 0.214. The topological polar surface area (TPSA) is 9.23 Å². The van der Waals surface area contributed by atoms with Gasteiger partial charge in [-0.2, -0.15) is 8.78 Å². The van der Waals surface area contributed by atoms with E-state index < -0.39 is 6.61 Å². The van der Waals surface area contributed by atoms with Crippen LogP contribution in [0.2, 0.25) is 0 Å². The molecule has 0 aliphatic carbocycles. The minimum absolute atomic E-state index is 0.0936. The lowest BCUT2D eigenvalue weighted by Crippen LogP contribution is -2.01. The first-order valence-corrected chi connectivity index (χ1v) is 10.5. The summed E-state index contributed by atoms with van der Waals surface area (Å²) >= 11 is 0. The van der Waals surface area contributed by atoms with Gasteiger partial charge in [0, 0.05) is 16.7 Å². The molecule has 3 aromatic rings. The zero-order valence-electron chi connectivity index (χ0n) is 17.8. The van der Waals surface area contributed by atoms with Gasteiger partial charge < -0.3 is 4.74 Å². The van der Waals surface area contributed by atoms with Gasteiger partial charge >= 0.3 is 6.61 Å². The molecule has 0 atom stereocenters. The molecule has 0 aromatic heterocycles. The SMILES string of the molecule is CCCCCc1ccc(C#Cc2ccc(C#Cc3ccc(OC(F)F)cc3)cc2)c(F)c1. The summed E-state index contributed by atoms with van der Waals surface area (Å²) in [5, 5.41) is 0. The van der Waals surface area contributed by atoms with Crippen molar-refractivity contribution in [3.8, 4) is 29.4 Å². The lowest BCUT2D eigenvalue weighted by atomic mass is 10.0.